The summed E-state index contributed by atoms with van der Waals surface area (Å²) in [6.45, 7) is 3.33. The van der Waals surface area contributed by atoms with Crippen LogP contribution in [0.2, 0.25) is 0 Å². The molecule has 0 aromatic heterocycles. The smallest absolute Gasteiger partial charge is 0.245 e. The highest BCUT2D eigenvalue weighted by molar-refractivity contribution is 5.91. The van der Waals surface area contributed by atoms with Crippen LogP contribution in [0.1, 0.15) is 68.5 Å². The van der Waals surface area contributed by atoms with Gasteiger partial charge >= 0.3 is 0 Å². The molecule has 3 aliphatic heterocycles. The number of amides is 2. The summed E-state index contributed by atoms with van der Waals surface area (Å²) in [5.74, 6) is 0.324. The van der Waals surface area contributed by atoms with Crippen molar-refractivity contribution in [3.63, 3.8) is 0 Å². The van der Waals surface area contributed by atoms with Crippen molar-refractivity contribution < 1.29 is 9.59 Å². The Labute approximate surface area is 208 Å². The molecule has 0 bridgehead atoms. The first-order valence-corrected chi connectivity index (χ1v) is 13.3. The van der Waals surface area contributed by atoms with Crippen LogP contribution in [-0.4, -0.2) is 58.9 Å². The van der Waals surface area contributed by atoms with Gasteiger partial charge in [-0.2, -0.15) is 0 Å². The molecule has 0 aliphatic carbocycles. The van der Waals surface area contributed by atoms with Crippen LogP contribution in [-0.2, 0) is 9.59 Å². The zero-order valence-electron chi connectivity index (χ0n) is 20.7. The quantitative estimate of drug-likeness (QED) is 0.694. The summed E-state index contributed by atoms with van der Waals surface area (Å²) in [6, 6.07) is 20.2. The molecule has 0 spiro atoms. The second-order valence-electron chi connectivity index (χ2n) is 10.6. The first kappa shape index (κ1) is 24.0. The van der Waals surface area contributed by atoms with Gasteiger partial charge in [0.1, 0.15) is 6.04 Å². The summed E-state index contributed by atoms with van der Waals surface area (Å²) in [4.78, 5) is 31.9. The summed E-state index contributed by atoms with van der Waals surface area (Å²) < 4.78 is 0. The molecule has 3 saturated heterocycles. The van der Waals surface area contributed by atoms with Crippen LogP contribution in [0.4, 0.5) is 0 Å². The van der Waals surface area contributed by atoms with Crippen LogP contribution in [0.25, 0.3) is 0 Å². The molecule has 6 heteroatoms. The highest BCUT2D eigenvalue weighted by Crippen LogP contribution is 2.38. The summed E-state index contributed by atoms with van der Waals surface area (Å²) in [6.07, 6.45) is 5.41. The van der Waals surface area contributed by atoms with Gasteiger partial charge in [-0.25, -0.2) is 0 Å². The Balaban J connectivity index is 1.40. The van der Waals surface area contributed by atoms with E-state index in [2.05, 4.69) is 29.6 Å². The van der Waals surface area contributed by atoms with E-state index in [1.54, 1.807) is 0 Å². The highest BCUT2D eigenvalue weighted by atomic mass is 16.2. The molecular weight excluding hydrogens is 436 g/mol. The zero-order valence-corrected chi connectivity index (χ0v) is 20.7. The first-order valence-electron chi connectivity index (χ1n) is 13.3. The van der Waals surface area contributed by atoms with Crippen LogP contribution in [0, 0.1) is 0 Å². The molecular formula is C29H38N4O2. The van der Waals surface area contributed by atoms with Gasteiger partial charge in [0.25, 0.3) is 0 Å². The lowest BCUT2D eigenvalue weighted by Crippen LogP contribution is -2.58. The minimum atomic E-state index is -0.422. The largest absolute Gasteiger partial charge is 0.334 e. The second-order valence-corrected chi connectivity index (χ2v) is 10.6. The van der Waals surface area contributed by atoms with E-state index in [-0.39, 0.29) is 41.9 Å². The molecule has 3 heterocycles. The normalized spacial score (nSPS) is 29.8. The number of carbonyl (C=O) groups excluding carboxylic acids is 2. The number of hydrogen-bond donors (Lipinski definition) is 2. The Morgan fingerprint density at radius 2 is 1.57 bits per heavy atom. The zero-order chi connectivity index (χ0) is 24.4. The van der Waals surface area contributed by atoms with Gasteiger partial charge in [-0.15, -0.1) is 0 Å². The van der Waals surface area contributed by atoms with Crippen molar-refractivity contribution in [1.29, 1.82) is 0 Å². The molecule has 6 nitrogen and oxygen atoms in total. The first-order chi connectivity index (χ1) is 17.0. The molecule has 35 heavy (non-hydrogen) atoms. The number of piperidine rings is 1. The van der Waals surface area contributed by atoms with E-state index in [1.165, 1.54) is 11.1 Å². The third-order valence-corrected chi connectivity index (χ3v) is 8.22. The highest BCUT2D eigenvalue weighted by Gasteiger charge is 2.46. The Hall–Kier alpha value is -2.70. The molecule has 186 valence electrons. The van der Waals surface area contributed by atoms with Gasteiger partial charge in [0, 0.05) is 31.1 Å². The van der Waals surface area contributed by atoms with Gasteiger partial charge in [-0.05, 0) is 56.6 Å². The fraction of sp³-hybridized carbons (Fsp3) is 0.517. The van der Waals surface area contributed by atoms with Crippen LogP contribution in [0.15, 0.2) is 60.7 Å². The van der Waals surface area contributed by atoms with Crippen LogP contribution >= 0.6 is 0 Å². The number of carbonyl (C=O) groups is 2. The maximum absolute atomic E-state index is 14.1. The summed E-state index contributed by atoms with van der Waals surface area (Å²) in [5.41, 5.74) is 8.55. The number of rotatable bonds is 5. The number of nitrogens with zero attached hydrogens (tertiary/aromatic N) is 2. The maximum atomic E-state index is 14.1. The Bertz CT molecular complexity index is 1010. The lowest BCUT2D eigenvalue weighted by Gasteiger charge is -2.37. The monoisotopic (exact) mass is 474 g/mol. The Morgan fingerprint density at radius 1 is 0.886 bits per heavy atom. The number of likely N-dealkylation sites (tertiary alicyclic amines) is 2. The van der Waals surface area contributed by atoms with E-state index in [0.717, 1.165) is 38.6 Å². The van der Waals surface area contributed by atoms with E-state index in [0.29, 0.717) is 13.0 Å². The average molecular weight is 475 g/mol. The fourth-order valence-corrected chi connectivity index (χ4v) is 6.30. The van der Waals surface area contributed by atoms with Crippen LogP contribution in [0.5, 0.6) is 0 Å². The molecule has 5 rings (SSSR count). The molecule has 2 aromatic rings. The molecule has 3 N–H and O–H groups in total. The third kappa shape index (κ3) is 5.00. The van der Waals surface area contributed by atoms with E-state index in [9.17, 15) is 9.59 Å². The summed E-state index contributed by atoms with van der Waals surface area (Å²) in [7, 11) is 0. The van der Waals surface area contributed by atoms with Gasteiger partial charge in [-0.1, -0.05) is 60.7 Å². The third-order valence-electron chi connectivity index (χ3n) is 8.22. The predicted molar refractivity (Wildman–Crippen MR) is 138 cm³/mol. The standard InChI is InChI=1S/C29H38N4O2/c1-20(30)24-14-8-15-25(31-24)28(34)33-19-23(21-10-4-2-5-11-21)18-27(33)29(35)32-17-9-16-26(32)22-12-6-3-7-13-22/h2-7,10-13,20,23-27,31H,8-9,14-19,30H2,1H3. The van der Waals surface area contributed by atoms with Crippen molar-refractivity contribution in [2.75, 3.05) is 13.1 Å². The number of nitrogens with two attached hydrogens (primary N) is 1. The molecule has 6 atom stereocenters. The van der Waals surface area contributed by atoms with Gasteiger partial charge < -0.3 is 20.9 Å². The molecule has 2 aromatic carbocycles. The molecule has 3 aliphatic rings. The number of hydrogen-bond acceptors (Lipinski definition) is 4. The molecule has 0 radical (unpaired) electrons. The minimum Gasteiger partial charge on any atom is -0.334 e. The molecule has 6 unspecified atom stereocenters. The van der Waals surface area contributed by atoms with Crippen molar-refractivity contribution in [3.05, 3.63) is 71.8 Å². The van der Waals surface area contributed by atoms with E-state index >= 15 is 0 Å². The molecule has 0 saturated carbocycles. The predicted octanol–water partition coefficient (Wildman–Crippen LogP) is 3.59. The second kappa shape index (κ2) is 10.5. The van der Waals surface area contributed by atoms with Crippen LogP contribution < -0.4 is 11.1 Å². The summed E-state index contributed by atoms with van der Waals surface area (Å²) >= 11 is 0. The molecule has 2 amide bonds. The lowest BCUT2D eigenvalue weighted by atomic mass is 9.94. The summed E-state index contributed by atoms with van der Waals surface area (Å²) in [5, 5.41) is 3.51. The minimum absolute atomic E-state index is 0.00472. The van der Waals surface area contributed by atoms with Crippen molar-refractivity contribution in [3.8, 4) is 0 Å². The van der Waals surface area contributed by atoms with Gasteiger partial charge in [0.05, 0.1) is 12.1 Å². The Kier molecular flexibility index (Phi) is 7.21. The topological polar surface area (TPSA) is 78.7 Å². The maximum Gasteiger partial charge on any atom is 0.245 e. The van der Waals surface area contributed by atoms with Gasteiger partial charge in [0.2, 0.25) is 11.8 Å². The number of nitrogens with one attached hydrogen (secondary N) is 1. The van der Waals surface area contributed by atoms with Crippen molar-refractivity contribution in [1.82, 2.24) is 15.1 Å². The van der Waals surface area contributed by atoms with Crippen molar-refractivity contribution in [2.24, 2.45) is 5.73 Å². The van der Waals surface area contributed by atoms with Crippen molar-refractivity contribution in [2.45, 2.75) is 81.6 Å². The number of benzene rings is 2. The van der Waals surface area contributed by atoms with E-state index in [1.807, 2.05) is 53.1 Å². The van der Waals surface area contributed by atoms with Crippen molar-refractivity contribution >= 4 is 11.8 Å². The Morgan fingerprint density at radius 3 is 2.26 bits per heavy atom. The molecule has 3 fully saturated rings. The van der Waals surface area contributed by atoms with E-state index in [4.69, 9.17) is 5.73 Å². The average Bonchev–Trinajstić information content (AvgIpc) is 3.57. The van der Waals surface area contributed by atoms with Gasteiger partial charge in [-0.3, -0.25) is 9.59 Å². The van der Waals surface area contributed by atoms with Gasteiger partial charge in [0.15, 0.2) is 0 Å². The van der Waals surface area contributed by atoms with Crippen LogP contribution in [0.3, 0.4) is 0 Å². The SMILES string of the molecule is CC(N)C1CCCC(C(=O)N2CC(c3ccccc3)CC2C(=O)N2CCCC2c2ccccc2)N1. The fourth-order valence-electron chi connectivity index (χ4n) is 6.30. The van der Waals surface area contributed by atoms with E-state index < -0.39 is 6.04 Å². The lowest BCUT2D eigenvalue weighted by molar-refractivity contribution is -0.146.